The minimum Gasteiger partial charge on any atom is -0.311 e. The van der Waals surface area contributed by atoms with Gasteiger partial charge in [0.25, 0.3) is 6.71 Å². The zero-order chi connectivity index (χ0) is 40.7. The first-order valence-electron chi connectivity index (χ1n) is 22.3. The van der Waals surface area contributed by atoms with E-state index in [-0.39, 0.29) is 12.1 Å². The van der Waals surface area contributed by atoms with Gasteiger partial charge in [-0.2, -0.15) is 0 Å². The second-order valence-corrected chi connectivity index (χ2v) is 18.0. The Balaban J connectivity index is 1.07. The lowest BCUT2D eigenvalue weighted by molar-refractivity contribution is 0.444. The van der Waals surface area contributed by atoms with Crippen LogP contribution in [0.1, 0.15) is 68.6 Å². The summed E-state index contributed by atoms with van der Waals surface area (Å²) in [7, 11) is 0. The summed E-state index contributed by atoms with van der Waals surface area (Å²) >= 11 is 0. The molecule has 0 bridgehead atoms. The van der Waals surface area contributed by atoms with Gasteiger partial charge in [-0.25, -0.2) is 0 Å². The van der Waals surface area contributed by atoms with E-state index in [1.807, 2.05) is 0 Å². The molecule has 4 aliphatic rings. The third-order valence-electron chi connectivity index (χ3n) is 14.2. The molecule has 61 heavy (non-hydrogen) atoms. The Bertz CT molecular complexity index is 2900. The molecule has 294 valence electrons. The van der Waals surface area contributed by atoms with Gasteiger partial charge in [-0.3, -0.25) is 0 Å². The first kappa shape index (κ1) is 36.1. The van der Waals surface area contributed by atoms with Crippen LogP contribution in [0.5, 0.6) is 0 Å². The van der Waals surface area contributed by atoms with E-state index in [9.17, 15) is 0 Å². The van der Waals surface area contributed by atoms with Crippen LogP contribution in [0.2, 0.25) is 0 Å². The summed E-state index contributed by atoms with van der Waals surface area (Å²) in [6.45, 7) is 4.79. The quantitative estimate of drug-likeness (QED) is 0.161. The van der Waals surface area contributed by atoms with Crippen molar-refractivity contribution in [2.75, 3.05) is 14.7 Å². The Kier molecular flexibility index (Phi) is 8.39. The van der Waals surface area contributed by atoms with Gasteiger partial charge in [0.2, 0.25) is 0 Å². The smallest absolute Gasteiger partial charge is 0.252 e. The summed E-state index contributed by atoms with van der Waals surface area (Å²) < 4.78 is 0. The minimum absolute atomic E-state index is 0.0848. The van der Waals surface area contributed by atoms with Gasteiger partial charge in [-0.15, -0.1) is 0 Å². The van der Waals surface area contributed by atoms with E-state index >= 15 is 0 Å². The number of fused-ring (bicyclic) bond motifs is 6. The average Bonchev–Trinajstić information content (AvgIpc) is 3.32. The number of hydrogen-bond donors (Lipinski definition) is 0. The summed E-state index contributed by atoms with van der Waals surface area (Å²) in [5.41, 5.74) is 21.7. The van der Waals surface area contributed by atoms with Crippen molar-refractivity contribution in [1.29, 1.82) is 0 Å². The topological polar surface area (TPSA) is 9.72 Å². The lowest BCUT2D eigenvalue weighted by atomic mass is 9.33. The van der Waals surface area contributed by atoms with Crippen LogP contribution in [0.3, 0.4) is 0 Å². The minimum atomic E-state index is -0.102. The molecule has 0 saturated heterocycles. The highest BCUT2D eigenvalue weighted by Gasteiger charge is 2.44. The van der Waals surface area contributed by atoms with Crippen molar-refractivity contribution in [3.05, 3.63) is 205 Å². The fourth-order valence-corrected chi connectivity index (χ4v) is 11.3. The molecule has 1 aliphatic carbocycles. The molecule has 3 nitrogen and oxygen atoms in total. The Morgan fingerprint density at radius 2 is 0.902 bits per heavy atom. The molecule has 0 radical (unpaired) electrons. The summed E-state index contributed by atoms with van der Waals surface area (Å²) in [6, 6.07) is 70.7. The van der Waals surface area contributed by atoms with Gasteiger partial charge in [0.05, 0.1) is 11.4 Å². The van der Waals surface area contributed by atoms with Crippen LogP contribution in [0.25, 0.3) is 11.1 Å². The maximum Gasteiger partial charge on any atom is 0.252 e. The standard InChI is InChI=1S/C57H48BN3/c1-57(2)46-24-12-15-27-50(46)59(51-28-16-13-25-47(51)57)44-31-33-45(34-32-44)60-52-29-17-14-26-48(52)58-49-35-30-41(39-18-6-3-7-19-39)36-53(49)61(43-22-10-5-11-23-43)55-38-42(37-54(60)56(55)58)40-20-8-4-9-21-40/h3,5-7,10-19,22-38,40H,4,8-9,20-21H2,1-2H3. The monoisotopic (exact) mass is 785 g/mol. The van der Waals surface area contributed by atoms with Gasteiger partial charge < -0.3 is 14.7 Å². The van der Waals surface area contributed by atoms with Gasteiger partial charge in [-0.1, -0.05) is 148 Å². The highest BCUT2D eigenvalue weighted by Crippen LogP contribution is 2.53. The average molecular weight is 786 g/mol. The summed E-state index contributed by atoms with van der Waals surface area (Å²) in [4.78, 5) is 7.61. The van der Waals surface area contributed by atoms with Gasteiger partial charge in [0.15, 0.2) is 0 Å². The number of nitrogens with zero attached hydrogens (tertiary/aromatic N) is 3. The lowest BCUT2D eigenvalue weighted by Crippen LogP contribution is -2.61. The van der Waals surface area contributed by atoms with Crippen molar-refractivity contribution in [2.45, 2.75) is 57.3 Å². The third-order valence-corrected chi connectivity index (χ3v) is 14.2. The molecule has 1 fully saturated rings. The number of hydrogen-bond acceptors (Lipinski definition) is 3. The fourth-order valence-electron chi connectivity index (χ4n) is 11.3. The van der Waals surface area contributed by atoms with Crippen LogP contribution in [0.15, 0.2) is 188 Å². The largest absolute Gasteiger partial charge is 0.311 e. The molecule has 3 aliphatic heterocycles. The van der Waals surface area contributed by atoms with Gasteiger partial charge in [-0.05, 0) is 136 Å². The summed E-state index contributed by atoms with van der Waals surface area (Å²) in [5, 5.41) is 0. The van der Waals surface area contributed by atoms with Crippen molar-refractivity contribution < 1.29 is 0 Å². The van der Waals surface area contributed by atoms with Gasteiger partial charge in [0.1, 0.15) is 0 Å². The van der Waals surface area contributed by atoms with Crippen molar-refractivity contribution in [2.24, 2.45) is 0 Å². The molecule has 4 heteroatoms. The first-order valence-corrected chi connectivity index (χ1v) is 22.3. The van der Waals surface area contributed by atoms with E-state index in [2.05, 4.69) is 217 Å². The van der Waals surface area contributed by atoms with Crippen LogP contribution in [-0.2, 0) is 5.41 Å². The Labute approximate surface area is 360 Å². The van der Waals surface area contributed by atoms with Gasteiger partial charge >= 0.3 is 0 Å². The van der Waals surface area contributed by atoms with Crippen LogP contribution < -0.4 is 31.1 Å². The van der Waals surface area contributed by atoms with Crippen molar-refractivity contribution in [3.63, 3.8) is 0 Å². The lowest BCUT2D eigenvalue weighted by Gasteiger charge is -2.45. The van der Waals surface area contributed by atoms with Crippen molar-refractivity contribution in [1.82, 2.24) is 0 Å². The maximum absolute atomic E-state index is 2.58. The molecule has 0 amide bonds. The maximum atomic E-state index is 2.58. The molecule has 0 aromatic heterocycles. The zero-order valence-electron chi connectivity index (χ0n) is 34.9. The molecule has 0 N–H and O–H groups in total. The summed E-state index contributed by atoms with van der Waals surface area (Å²) in [5.74, 6) is 0.535. The van der Waals surface area contributed by atoms with E-state index in [1.54, 1.807) is 0 Å². The molecule has 8 aromatic rings. The molecule has 0 atom stereocenters. The summed E-state index contributed by atoms with van der Waals surface area (Å²) in [6.07, 6.45) is 6.39. The number of para-hydroxylation sites is 4. The van der Waals surface area contributed by atoms with Crippen LogP contribution in [0.4, 0.5) is 51.2 Å². The molecule has 0 spiro atoms. The molecule has 0 unspecified atom stereocenters. The molecule has 8 aromatic carbocycles. The second-order valence-electron chi connectivity index (χ2n) is 18.0. The molecule has 12 rings (SSSR count). The third kappa shape index (κ3) is 5.65. The first-order chi connectivity index (χ1) is 30.0. The second kappa shape index (κ2) is 14.2. The van der Waals surface area contributed by atoms with Crippen LogP contribution in [-0.4, -0.2) is 6.71 Å². The highest BCUT2D eigenvalue weighted by molar-refractivity contribution is 7.00. The van der Waals surface area contributed by atoms with Crippen LogP contribution in [0, 0.1) is 0 Å². The Hall–Kier alpha value is -6.78. The fraction of sp³-hybridized carbons (Fsp3) is 0.158. The number of benzene rings is 8. The Morgan fingerprint density at radius 1 is 0.410 bits per heavy atom. The van der Waals surface area contributed by atoms with E-state index in [4.69, 9.17) is 0 Å². The van der Waals surface area contributed by atoms with Crippen LogP contribution >= 0.6 is 0 Å². The molecule has 1 saturated carbocycles. The SMILES string of the molecule is CC1(C)c2ccccc2N(c2ccc(N3c4ccccc4B4c5ccc(-c6ccccc6)cc5N(c5ccccc5)c5cc(C6CCCCC6)cc3c54)cc2)c2ccccc21. The van der Waals surface area contributed by atoms with E-state index in [0.29, 0.717) is 5.92 Å². The number of anilines is 9. The normalized spacial score (nSPS) is 16.0. The highest BCUT2D eigenvalue weighted by atomic mass is 15.2. The predicted molar refractivity (Wildman–Crippen MR) is 259 cm³/mol. The van der Waals surface area contributed by atoms with Crippen molar-refractivity contribution in [3.8, 4) is 11.1 Å². The van der Waals surface area contributed by atoms with E-state index in [1.165, 1.54) is 127 Å². The molecular weight excluding hydrogens is 737 g/mol. The Morgan fingerprint density at radius 3 is 1.54 bits per heavy atom. The van der Waals surface area contributed by atoms with E-state index < -0.39 is 0 Å². The van der Waals surface area contributed by atoms with Gasteiger partial charge in [0, 0.05) is 45.2 Å². The van der Waals surface area contributed by atoms with Crippen molar-refractivity contribution >= 4 is 74.3 Å². The predicted octanol–water partition coefficient (Wildman–Crippen LogP) is 13.6. The zero-order valence-corrected chi connectivity index (χ0v) is 34.9. The molecule has 3 heterocycles. The molecular formula is C57H48BN3. The van der Waals surface area contributed by atoms with E-state index in [0.717, 1.165) is 0 Å². The number of rotatable bonds is 5.